The van der Waals surface area contributed by atoms with Crippen molar-refractivity contribution in [3.8, 4) is 0 Å². The zero-order chi connectivity index (χ0) is 23.1. The van der Waals surface area contributed by atoms with Crippen molar-refractivity contribution < 1.29 is 18.8 Å². The number of hydrogen-bond donors (Lipinski definition) is 0. The number of allylic oxidation sites excluding steroid dienone is 1. The Morgan fingerprint density at radius 3 is 1.84 bits per heavy atom. The molecule has 31 heavy (non-hydrogen) atoms. The largest absolute Gasteiger partial charge is 0.463 e. The first-order chi connectivity index (χ1) is 14.7. The fraction of sp³-hybridized carbons (Fsp3) is 0.385. The van der Waals surface area contributed by atoms with Crippen molar-refractivity contribution in [2.24, 2.45) is 5.92 Å². The number of ketones is 1. The number of benzene rings is 2. The van der Waals surface area contributed by atoms with Crippen LogP contribution in [0.2, 0.25) is 5.04 Å². The number of rotatable bonds is 9. The van der Waals surface area contributed by atoms with Crippen molar-refractivity contribution in [2.75, 3.05) is 7.11 Å². The predicted molar refractivity (Wildman–Crippen MR) is 128 cm³/mol. The Hall–Kier alpha value is -2.50. The minimum Gasteiger partial charge on any atom is -0.463 e. The molecule has 0 aliphatic rings. The Bertz CT molecular complexity index is 845. The molecule has 0 saturated carbocycles. The van der Waals surface area contributed by atoms with E-state index in [1.54, 1.807) is 0 Å². The van der Waals surface area contributed by atoms with E-state index in [-0.39, 0.29) is 23.5 Å². The van der Waals surface area contributed by atoms with Crippen LogP contribution in [0.4, 0.5) is 0 Å². The Labute approximate surface area is 187 Å². The Morgan fingerprint density at radius 2 is 1.45 bits per heavy atom. The Kier molecular flexibility index (Phi) is 8.54. The highest BCUT2D eigenvalue weighted by Crippen LogP contribution is 2.38. The summed E-state index contributed by atoms with van der Waals surface area (Å²) in [5.41, 5.74) is 0. The molecule has 1 unspecified atom stereocenters. The van der Waals surface area contributed by atoms with Gasteiger partial charge < -0.3 is 9.16 Å². The maximum absolute atomic E-state index is 12.3. The zero-order valence-corrected chi connectivity index (χ0v) is 20.4. The van der Waals surface area contributed by atoms with Crippen molar-refractivity contribution in [3.63, 3.8) is 0 Å². The van der Waals surface area contributed by atoms with E-state index in [9.17, 15) is 9.59 Å². The van der Waals surface area contributed by atoms with Crippen LogP contribution in [0, 0.1) is 5.92 Å². The SMILES string of the molecule is C/C=C/[C@H](O[Si](c1ccccc1)(c1ccccc1)C(C)(C)C)C(C)CC(=O)C(=O)OC. The third-order valence-corrected chi connectivity index (χ3v) is 10.6. The summed E-state index contributed by atoms with van der Waals surface area (Å²) in [4.78, 5) is 23.9. The lowest BCUT2D eigenvalue weighted by atomic mass is 9.98. The van der Waals surface area contributed by atoms with E-state index in [0.717, 1.165) is 0 Å². The summed E-state index contributed by atoms with van der Waals surface area (Å²) < 4.78 is 11.7. The molecule has 0 amide bonds. The number of ether oxygens (including phenoxy) is 1. The molecule has 2 rings (SSSR count). The number of carbonyl (C=O) groups excluding carboxylic acids is 2. The van der Waals surface area contributed by atoms with Gasteiger partial charge in [0.05, 0.1) is 13.2 Å². The van der Waals surface area contributed by atoms with Crippen LogP contribution >= 0.6 is 0 Å². The van der Waals surface area contributed by atoms with E-state index in [2.05, 4.69) is 49.8 Å². The van der Waals surface area contributed by atoms with Crippen molar-refractivity contribution in [1.82, 2.24) is 0 Å². The highest BCUT2D eigenvalue weighted by molar-refractivity contribution is 6.99. The lowest BCUT2D eigenvalue weighted by molar-refractivity contribution is -0.152. The molecule has 0 bridgehead atoms. The summed E-state index contributed by atoms with van der Waals surface area (Å²) in [6.07, 6.45) is 3.68. The second-order valence-electron chi connectivity index (χ2n) is 8.87. The highest BCUT2D eigenvalue weighted by atomic mass is 28.4. The van der Waals surface area contributed by atoms with Gasteiger partial charge in [-0.05, 0) is 28.3 Å². The van der Waals surface area contributed by atoms with E-state index < -0.39 is 20.1 Å². The predicted octanol–water partition coefficient (Wildman–Crippen LogP) is 4.28. The maximum Gasteiger partial charge on any atom is 0.374 e. The molecule has 0 aliphatic carbocycles. The molecule has 0 N–H and O–H groups in total. The monoisotopic (exact) mass is 438 g/mol. The first kappa shape index (κ1) is 24.8. The highest BCUT2D eigenvalue weighted by Gasteiger charge is 2.51. The summed E-state index contributed by atoms with van der Waals surface area (Å²) in [6, 6.07) is 20.8. The number of Topliss-reactive ketones (excluding diaryl/α,β-unsaturated/α-hetero) is 1. The smallest absolute Gasteiger partial charge is 0.374 e. The van der Waals surface area contributed by atoms with Crippen molar-refractivity contribution in [1.29, 1.82) is 0 Å². The van der Waals surface area contributed by atoms with Crippen molar-refractivity contribution in [2.45, 2.75) is 52.2 Å². The molecule has 0 aliphatic heterocycles. The molecule has 2 aromatic carbocycles. The summed E-state index contributed by atoms with van der Waals surface area (Å²) in [5.74, 6) is -1.53. The number of methoxy groups -OCH3 is 1. The van der Waals surface area contributed by atoms with Crippen LogP contribution in [0.1, 0.15) is 41.0 Å². The Morgan fingerprint density at radius 1 is 0.968 bits per heavy atom. The normalized spacial score (nSPS) is 14.3. The number of carbonyl (C=O) groups is 2. The first-order valence-corrected chi connectivity index (χ1v) is 12.6. The van der Waals surface area contributed by atoms with Crippen molar-refractivity contribution in [3.05, 3.63) is 72.8 Å². The van der Waals surface area contributed by atoms with Gasteiger partial charge in [-0.2, -0.15) is 0 Å². The molecular weight excluding hydrogens is 404 g/mol. The van der Waals surface area contributed by atoms with Gasteiger partial charge in [0, 0.05) is 6.42 Å². The minimum atomic E-state index is -2.78. The standard InChI is InChI=1S/C26H34O4Si/c1-7-14-24(20(2)19-23(27)25(28)29-6)30-31(26(3,4)5,21-15-10-8-11-16-21)22-17-12-9-13-18-22/h7-18,20,24H,19H2,1-6H3/b14-7+/t20?,24-/m0/s1. The molecule has 0 saturated heterocycles. The third kappa shape index (κ3) is 5.60. The van der Waals surface area contributed by atoms with E-state index in [0.29, 0.717) is 0 Å². The number of hydrogen-bond acceptors (Lipinski definition) is 4. The lowest BCUT2D eigenvalue weighted by Gasteiger charge is -2.45. The third-order valence-electron chi connectivity index (χ3n) is 5.59. The first-order valence-electron chi connectivity index (χ1n) is 10.7. The molecule has 4 nitrogen and oxygen atoms in total. The van der Waals surface area contributed by atoms with Gasteiger partial charge in [0.25, 0.3) is 8.32 Å². The quantitative estimate of drug-likeness (QED) is 0.254. The van der Waals surface area contributed by atoms with Crippen LogP contribution in [0.3, 0.4) is 0 Å². The molecule has 0 fully saturated rings. The zero-order valence-electron chi connectivity index (χ0n) is 19.4. The topological polar surface area (TPSA) is 52.6 Å². The van der Waals surface area contributed by atoms with Gasteiger partial charge in [-0.1, -0.05) is 101 Å². The summed E-state index contributed by atoms with van der Waals surface area (Å²) in [7, 11) is -1.55. The molecular formula is C26H34O4Si. The van der Waals surface area contributed by atoms with Crippen LogP contribution in [-0.4, -0.2) is 33.3 Å². The summed E-state index contributed by atoms with van der Waals surface area (Å²) in [6.45, 7) is 10.5. The number of esters is 1. The van der Waals surface area contributed by atoms with Crippen molar-refractivity contribution >= 4 is 30.4 Å². The molecule has 2 aromatic rings. The average Bonchev–Trinajstić information content (AvgIpc) is 2.76. The average molecular weight is 439 g/mol. The fourth-order valence-electron chi connectivity index (χ4n) is 4.04. The van der Waals surface area contributed by atoms with Crippen LogP contribution in [-0.2, 0) is 18.8 Å². The molecule has 166 valence electrons. The molecule has 0 spiro atoms. The van der Waals surface area contributed by atoms with Crippen LogP contribution in [0.25, 0.3) is 0 Å². The van der Waals surface area contributed by atoms with Gasteiger partial charge in [0.2, 0.25) is 5.78 Å². The molecule has 0 radical (unpaired) electrons. The maximum atomic E-state index is 12.3. The van der Waals surface area contributed by atoms with Gasteiger partial charge in [0.1, 0.15) is 0 Å². The van der Waals surface area contributed by atoms with E-state index >= 15 is 0 Å². The van der Waals surface area contributed by atoms with E-state index in [1.165, 1.54) is 17.5 Å². The van der Waals surface area contributed by atoms with Gasteiger partial charge in [0.15, 0.2) is 0 Å². The molecule has 5 heteroatoms. The minimum absolute atomic E-state index is 0.0693. The molecule has 0 aromatic heterocycles. The summed E-state index contributed by atoms with van der Waals surface area (Å²) >= 11 is 0. The summed E-state index contributed by atoms with van der Waals surface area (Å²) in [5, 5.41) is 2.17. The van der Waals surface area contributed by atoms with Crippen LogP contribution in [0.5, 0.6) is 0 Å². The van der Waals surface area contributed by atoms with Crippen LogP contribution < -0.4 is 10.4 Å². The second-order valence-corrected chi connectivity index (χ2v) is 13.1. The van der Waals surface area contributed by atoms with E-state index in [4.69, 9.17) is 4.43 Å². The molecule has 0 heterocycles. The van der Waals surface area contributed by atoms with Gasteiger partial charge in [-0.15, -0.1) is 0 Å². The van der Waals surface area contributed by atoms with Gasteiger partial charge in [-0.25, -0.2) is 4.79 Å². The lowest BCUT2D eigenvalue weighted by Crippen LogP contribution is -2.68. The molecule has 2 atom stereocenters. The Balaban J connectivity index is 2.60. The van der Waals surface area contributed by atoms with Gasteiger partial charge >= 0.3 is 5.97 Å². The van der Waals surface area contributed by atoms with Crippen LogP contribution in [0.15, 0.2) is 72.8 Å². The van der Waals surface area contributed by atoms with Gasteiger partial charge in [-0.3, -0.25) is 4.79 Å². The second kappa shape index (κ2) is 10.7. The van der Waals surface area contributed by atoms with E-state index in [1.807, 2.05) is 62.4 Å². The fourth-order valence-corrected chi connectivity index (χ4v) is 8.77.